The van der Waals surface area contributed by atoms with Gasteiger partial charge in [0.2, 0.25) is 0 Å². The lowest BCUT2D eigenvalue weighted by atomic mass is 9.76. The molecule has 1 aromatic carbocycles. The van der Waals surface area contributed by atoms with E-state index in [4.69, 9.17) is 23.7 Å². The van der Waals surface area contributed by atoms with Gasteiger partial charge in [-0.25, -0.2) is 0 Å². The minimum absolute atomic E-state index is 0.216. The summed E-state index contributed by atoms with van der Waals surface area (Å²) < 4.78 is 33.1. The van der Waals surface area contributed by atoms with Crippen molar-refractivity contribution in [1.82, 2.24) is 26.6 Å². The van der Waals surface area contributed by atoms with Gasteiger partial charge in [0.1, 0.15) is 42.2 Å². The second-order valence-corrected chi connectivity index (χ2v) is 38.1. The lowest BCUT2D eigenvalue weighted by Gasteiger charge is -2.47. The molecule has 1 unspecified atom stereocenters. The van der Waals surface area contributed by atoms with Crippen LogP contribution in [0.3, 0.4) is 0 Å². The Hall–Kier alpha value is -3.96. The maximum atomic E-state index is 15.5. The predicted octanol–water partition coefficient (Wildman–Crippen LogP) is 15.6. The van der Waals surface area contributed by atoms with Gasteiger partial charge in [-0.3, -0.25) is 24.0 Å². The molecule has 1 aromatic rings. The zero-order valence-corrected chi connectivity index (χ0v) is 65.5. The van der Waals surface area contributed by atoms with Gasteiger partial charge in [-0.1, -0.05) is 77.5 Å². The summed E-state index contributed by atoms with van der Waals surface area (Å²) in [5, 5.41) is 18.6. The van der Waals surface area contributed by atoms with Gasteiger partial charge in [0.05, 0.1) is 0 Å². The van der Waals surface area contributed by atoms with E-state index >= 15 is 19.2 Å². The van der Waals surface area contributed by atoms with Crippen LogP contribution in [0, 0.1) is 16.2 Å². The molecule has 0 saturated carbocycles. The number of nitrogens with one attached hydrogen (secondary N) is 5. The lowest BCUT2D eigenvalue weighted by Crippen LogP contribution is -2.61. The molecule has 0 aliphatic carbocycles. The number of aryl methyl sites for hydroxylation is 3. The standard InChI is InChI=1S/C81H139N5O11/c1-24-27-36-79(55-87,64(88)93-59-45-69(4,5)82-70(6,7)46-59)37-30-33-56-42-57(34-31-40-80(38-28-25-2,65(89)94-60-47-71(8,9)83-72(10,11)48-60)66(90)95-61-49-73(12,13)84-74(14,15)50-61)44-58(43-56)35-32-41-81(39-29-26-3,67(91)96-62-51-75(16,17)85-76(18,19)52-62)68(92)97-63-53-77(20,21)86-78(22,23)54-63/h42-44,55,59-63,82-86H,24-41,45-54H2,1-23H3. The summed E-state index contributed by atoms with van der Waals surface area (Å²) >= 11 is 0. The largest absolute Gasteiger partial charge is 0.461 e. The maximum absolute atomic E-state index is 15.5. The third-order valence-corrected chi connectivity index (χ3v) is 21.6. The van der Waals surface area contributed by atoms with Crippen molar-refractivity contribution in [1.29, 1.82) is 0 Å². The third kappa shape index (κ3) is 23.8. The van der Waals surface area contributed by atoms with Gasteiger partial charge in [0, 0.05) is 120 Å². The summed E-state index contributed by atoms with van der Waals surface area (Å²) in [7, 11) is 0. The molecule has 97 heavy (non-hydrogen) atoms. The first-order chi connectivity index (χ1) is 44.5. The first kappa shape index (κ1) is 82.0. The summed E-state index contributed by atoms with van der Waals surface area (Å²) in [5.41, 5.74) is -4.40. The normalized spacial score (nSPS) is 23.7. The number of esters is 5. The Kier molecular flexibility index (Phi) is 26.8. The van der Waals surface area contributed by atoms with E-state index in [1.165, 1.54) is 0 Å². The SMILES string of the molecule is CCCCC(C=O)(CCCc1cc(CCCC(CCCC)(C(=O)OC2CC(C)(C)NC(C)(C)C2)C(=O)OC2CC(C)(C)NC(C)(C)C2)cc(CCCC(CCCC)(C(=O)OC2CC(C)(C)NC(C)(C)C2)C(=O)OC2CC(C)(C)NC(C)(C)C2)c1)C(=O)OC1CC(C)(C)NC(C)(C)C1. The second kappa shape index (κ2) is 31.7. The number of carbonyl (C=O) groups excluding carboxylic acids is 6. The zero-order valence-electron chi connectivity index (χ0n) is 65.5. The van der Waals surface area contributed by atoms with Crippen LogP contribution >= 0.6 is 0 Å². The van der Waals surface area contributed by atoms with Crippen molar-refractivity contribution in [3.63, 3.8) is 0 Å². The predicted molar refractivity (Wildman–Crippen MR) is 389 cm³/mol. The number of rotatable bonds is 32. The molecule has 5 heterocycles. The Morgan fingerprint density at radius 3 is 0.732 bits per heavy atom. The fraction of sp³-hybridized carbons (Fsp3) is 0.852. The lowest BCUT2D eigenvalue weighted by molar-refractivity contribution is -0.186. The summed E-state index contributed by atoms with van der Waals surface area (Å²) in [4.78, 5) is 90.0. The molecular weight excluding hydrogens is 1220 g/mol. The van der Waals surface area contributed by atoms with Crippen LogP contribution in [0.2, 0.25) is 0 Å². The fourth-order valence-corrected chi connectivity index (χ4v) is 19.1. The monoisotopic (exact) mass is 1360 g/mol. The molecule has 1 atom stereocenters. The molecule has 6 rings (SSSR count). The number of carbonyl (C=O) groups is 6. The number of aldehydes is 1. The molecule has 16 heteroatoms. The number of ether oxygens (including phenoxy) is 5. The molecule has 5 aliphatic rings. The molecule has 5 N–H and O–H groups in total. The van der Waals surface area contributed by atoms with E-state index in [9.17, 15) is 9.59 Å². The van der Waals surface area contributed by atoms with E-state index in [0.717, 1.165) is 42.2 Å². The Morgan fingerprint density at radius 1 is 0.330 bits per heavy atom. The molecule has 0 radical (unpaired) electrons. The smallest absolute Gasteiger partial charge is 0.323 e. The van der Waals surface area contributed by atoms with Gasteiger partial charge < -0.3 is 55.1 Å². The number of benzene rings is 1. The molecule has 16 nitrogen and oxygen atoms in total. The Morgan fingerprint density at radius 2 is 0.515 bits per heavy atom. The van der Waals surface area contributed by atoms with E-state index in [-0.39, 0.29) is 74.3 Å². The highest BCUT2D eigenvalue weighted by atomic mass is 16.6. The molecule has 0 aromatic heterocycles. The van der Waals surface area contributed by atoms with Crippen LogP contribution in [0.1, 0.15) is 336 Å². The van der Waals surface area contributed by atoms with E-state index < -0.39 is 70.5 Å². The third-order valence-electron chi connectivity index (χ3n) is 21.6. The minimum Gasteiger partial charge on any atom is -0.461 e. The van der Waals surface area contributed by atoms with Crippen LogP contribution in [0.25, 0.3) is 0 Å². The van der Waals surface area contributed by atoms with Crippen molar-refractivity contribution in [2.75, 3.05) is 0 Å². The van der Waals surface area contributed by atoms with Crippen LogP contribution in [-0.4, -0.2) is 122 Å². The highest BCUT2D eigenvalue weighted by Gasteiger charge is 2.55. The van der Waals surface area contributed by atoms with E-state index in [2.05, 4.69) is 204 Å². The van der Waals surface area contributed by atoms with E-state index in [1.54, 1.807) is 0 Å². The van der Waals surface area contributed by atoms with Gasteiger partial charge in [-0.15, -0.1) is 0 Å². The molecule has 5 aliphatic heterocycles. The molecule has 5 fully saturated rings. The second-order valence-electron chi connectivity index (χ2n) is 38.1. The molecular formula is C81H139N5O11. The first-order valence-electron chi connectivity index (χ1n) is 38.1. The molecule has 0 bridgehead atoms. The van der Waals surface area contributed by atoms with Crippen LogP contribution in [0.5, 0.6) is 0 Å². The maximum Gasteiger partial charge on any atom is 0.323 e. The topological polar surface area (TPSA) is 209 Å². The quantitative estimate of drug-likeness (QED) is 0.0197. The fourth-order valence-electron chi connectivity index (χ4n) is 19.1. The van der Waals surface area contributed by atoms with Gasteiger partial charge in [0.15, 0.2) is 10.8 Å². The van der Waals surface area contributed by atoms with E-state index in [1.807, 2.05) is 0 Å². The highest BCUT2D eigenvalue weighted by Crippen LogP contribution is 2.44. The van der Waals surface area contributed by atoms with Crippen molar-refractivity contribution in [3.8, 4) is 0 Å². The summed E-state index contributed by atoms with van der Waals surface area (Å²) in [6, 6.07) is 6.59. The van der Waals surface area contributed by atoms with Gasteiger partial charge in [-0.2, -0.15) is 0 Å². The van der Waals surface area contributed by atoms with Crippen molar-refractivity contribution in [2.24, 2.45) is 16.2 Å². The molecule has 5 saturated heterocycles. The average molecular weight is 1360 g/mol. The Labute approximate surface area is 588 Å². The minimum atomic E-state index is -1.57. The van der Waals surface area contributed by atoms with Crippen molar-refractivity contribution in [2.45, 2.75) is 425 Å². The van der Waals surface area contributed by atoms with Gasteiger partial charge in [-0.05, 0) is 232 Å². The van der Waals surface area contributed by atoms with E-state index in [0.29, 0.717) is 148 Å². The Bertz CT molecular complexity index is 2520. The highest BCUT2D eigenvalue weighted by molar-refractivity contribution is 6.01. The average Bonchev–Trinajstić information content (AvgIpc) is 0.788. The zero-order chi connectivity index (χ0) is 72.7. The van der Waals surface area contributed by atoms with Crippen LogP contribution in [-0.2, 0) is 71.7 Å². The summed E-state index contributed by atoms with van der Waals surface area (Å²) in [6.45, 7) is 48.8. The number of hydrogen-bond acceptors (Lipinski definition) is 16. The van der Waals surface area contributed by atoms with Crippen molar-refractivity contribution < 1.29 is 52.5 Å². The van der Waals surface area contributed by atoms with Crippen LogP contribution < -0.4 is 26.6 Å². The van der Waals surface area contributed by atoms with Crippen LogP contribution in [0.15, 0.2) is 18.2 Å². The first-order valence-corrected chi connectivity index (χ1v) is 38.1. The molecule has 554 valence electrons. The molecule has 0 amide bonds. The van der Waals surface area contributed by atoms with Crippen molar-refractivity contribution >= 4 is 36.1 Å². The van der Waals surface area contributed by atoms with Gasteiger partial charge in [0.25, 0.3) is 0 Å². The Balaban J connectivity index is 1.39. The summed E-state index contributed by atoms with van der Waals surface area (Å²) in [5.74, 6) is -2.49. The molecule has 0 spiro atoms. The van der Waals surface area contributed by atoms with Gasteiger partial charge >= 0.3 is 29.8 Å². The summed E-state index contributed by atoms with van der Waals surface area (Å²) in [6.07, 6.45) is 14.0. The number of piperidine rings is 5. The van der Waals surface area contributed by atoms with Crippen LogP contribution in [0.4, 0.5) is 0 Å². The number of hydrogen-bond donors (Lipinski definition) is 5. The number of unbranched alkanes of at least 4 members (excludes halogenated alkanes) is 3. The van der Waals surface area contributed by atoms with Crippen molar-refractivity contribution in [3.05, 3.63) is 34.9 Å².